The van der Waals surface area contributed by atoms with Crippen molar-refractivity contribution in [2.45, 2.75) is 20.0 Å². The van der Waals surface area contributed by atoms with Crippen molar-refractivity contribution in [2.75, 3.05) is 13.7 Å². The van der Waals surface area contributed by atoms with Gasteiger partial charge in [0.1, 0.15) is 5.75 Å². The predicted molar refractivity (Wildman–Crippen MR) is 87.5 cm³/mol. The summed E-state index contributed by atoms with van der Waals surface area (Å²) in [5.41, 5.74) is 1.94. The van der Waals surface area contributed by atoms with Crippen LogP contribution in [0.2, 0.25) is 0 Å². The van der Waals surface area contributed by atoms with Crippen LogP contribution in [0.5, 0.6) is 11.6 Å². The van der Waals surface area contributed by atoms with Gasteiger partial charge in [-0.1, -0.05) is 12.1 Å². The van der Waals surface area contributed by atoms with Crippen molar-refractivity contribution in [3.05, 3.63) is 53.7 Å². The standard InChI is InChI=1S/C17H21N3O3/c1-3-23-16-10-14(8-9-18-16)12-20-17(21)19-11-13-4-6-15(22-2)7-5-13/h4-10H,3,11-12H2,1-2H3,(H2,19,20,21). The maximum atomic E-state index is 11.8. The first-order valence-corrected chi connectivity index (χ1v) is 7.43. The van der Waals surface area contributed by atoms with Gasteiger partial charge >= 0.3 is 6.03 Å². The lowest BCUT2D eigenvalue weighted by Crippen LogP contribution is -2.34. The molecular formula is C17H21N3O3. The highest BCUT2D eigenvalue weighted by molar-refractivity contribution is 5.73. The number of amides is 2. The smallest absolute Gasteiger partial charge is 0.315 e. The average molecular weight is 315 g/mol. The van der Waals surface area contributed by atoms with Crippen LogP contribution in [0, 0.1) is 0 Å². The van der Waals surface area contributed by atoms with Crippen LogP contribution < -0.4 is 20.1 Å². The molecule has 2 amide bonds. The number of hydrogen-bond acceptors (Lipinski definition) is 4. The maximum absolute atomic E-state index is 11.8. The first-order valence-electron chi connectivity index (χ1n) is 7.43. The number of aromatic nitrogens is 1. The molecule has 0 bridgehead atoms. The number of ether oxygens (including phenoxy) is 2. The fourth-order valence-corrected chi connectivity index (χ4v) is 1.96. The molecule has 6 nitrogen and oxygen atoms in total. The fourth-order valence-electron chi connectivity index (χ4n) is 1.96. The average Bonchev–Trinajstić information content (AvgIpc) is 2.59. The Kier molecular flexibility index (Phi) is 6.23. The number of carbonyl (C=O) groups excluding carboxylic acids is 1. The molecule has 1 aromatic carbocycles. The van der Waals surface area contributed by atoms with Crippen molar-refractivity contribution in [3.8, 4) is 11.6 Å². The minimum atomic E-state index is -0.226. The van der Waals surface area contributed by atoms with E-state index in [4.69, 9.17) is 9.47 Å². The van der Waals surface area contributed by atoms with Gasteiger partial charge in [0.25, 0.3) is 0 Å². The van der Waals surface area contributed by atoms with E-state index >= 15 is 0 Å². The van der Waals surface area contributed by atoms with Gasteiger partial charge < -0.3 is 20.1 Å². The molecule has 0 aliphatic carbocycles. The molecule has 6 heteroatoms. The van der Waals surface area contributed by atoms with Crippen molar-refractivity contribution in [1.82, 2.24) is 15.6 Å². The molecule has 0 fully saturated rings. The van der Waals surface area contributed by atoms with Gasteiger partial charge in [0.05, 0.1) is 13.7 Å². The molecule has 0 saturated heterocycles. The molecule has 0 atom stereocenters. The number of nitrogens with one attached hydrogen (secondary N) is 2. The zero-order valence-electron chi connectivity index (χ0n) is 13.3. The van der Waals surface area contributed by atoms with Gasteiger partial charge in [0, 0.05) is 25.4 Å². The van der Waals surface area contributed by atoms with Crippen LogP contribution in [0.4, 0.5) is 4.79 Å². The Balaban J connectivity index is 1.77. The Hall–Kier alpha value is -2.76. The van der Waals surface area contributed by atoms with Crippen LogP contribution in [-0.4, -0.2) is 24.7 Å². The van der Waals surface area contributed by atoms with E-state index in [1.165, 1.54) is 0 Å². The first-order chi connectivity index (χ1) is 11.2. The molecule has 122 valence electrons. The van der Waals surface area contributed by atoms with Gasteiger partial charge in [-0.05, 0) is 36.2 Å². The maximum Gasteiger partial charge on any atom is 0.315 e. The zero-order valence-corrected chi connectivity index (χ0v) is 13.3. The number of urea groups is 1. The monoisotopic (exact) mass is 315 g/mol. The van der Waals surface area contributed by atoms with E-state index in [1.807, 2.05) is 43.3 Å². The summed E-state index contributed by atoms with van der Waals surface area (Å²) >= 11 is 0. The van der Waals surface area contributed by atoms with Crippen LogP contribution in [0.25, 0.3) is 0 Å². The lowest BCUT2D eigenvalue weighted by Gasteiger charge is -2.09. The molecule has 2 rings (SSSR count). The zero-order chi connectivity index (χ0) is 16.5. The van der Waals surface area contributed by atoms with E-state index in [0.29, 0.717) is 25.6 Å². The summed E-state index contributed by atoms with van der Waals surface area (Å²) in [7, 11) is 1.62. The van der Waals surface area contributed by atoms with Crippen LogP contribution in [0.3, 0.4) is 0 Å². The van der Waals surface area contributed by atoms with Crippen molar-refractivity contribution in [1.29, 1.82) is 0 Å². The van der Waals surface area contributed by atoms with Crippen molar-refractivity contribution >= 4 is 6.03 Å². The Morgan fingerprint density at radius 2 is 1.78 bits per heavy atom. The molecule has 2 N–H and O–H groups in total. The van der Waals surface area contributed by atoms with Gasteiger partial charge in [-0.15, -0.1) is 0 Å². The van der Waals surface area contributed by atoms with E-state index in [9.17, 15) is 4.79 Å². The largest absolute Gasteiger partial charge is 0.497 e. The fraction of sp³-hybridized carbons (Fsp3) is 0.294. The third-order valence-corrected chi connectivity index (χ3v) is 3.16. The summed E-state index contributed by atoms with van der Waals surface area (Å²) in [4.78, 5) is 15.9. The second kappa shape index (κ2) is 8.63. The molecule has 0 radical (unpaired) electrons. The second-order valence-corrected chi connectivity index (χ2v) is 4.82. The SMILES string of the molecule is CCOc1cc(CNC(=O)NCc2ccc(OC)cc2)ccn1. The van der Waals surface area contributed by atoms with Crippen LogP contribution in [0.1, 0.15) is 18.1 Å². The lowest BCUT2D eigenvalue weighted by molar-refractivity contribution is 0.240. The van der Waals surface area contributed by atoms with Crippen molar-refractivity contribution in [3.63, 3.8) is 0 Å². The van der Waals surface area contributed by atoms with E-state index < -0.39 is 0 Å². The van der Waals surface area contributed by atoms with Crippen molar-refractivity contribution in [2.24, 2.45) is 0 Å². The van der Waals surface area contributed by atoms with Crippen LogP contribution in [0.15, 0.2) is 42.6 Å². The summed E-state index contributed by atoms with van der Waals surface area (Å²) in [5, 5.41) is 5.61. The summed E-state index contributed by atoms with van der Waals surface area (Å²) in [5.74, 6) is 1.35. The summed E-state index contributed by atoms with van der Waals surface area (Å²) in [6, 6.07) is 11.0. The highest BCUT2D eigenvalue weighted by Crippen LogP contribution is 2.11. The number of hydrogen-bond donors (Lipinski definition) is 2. The minimum Gasteiger partial charge on any atom is -0.497 e. The number of methoxy groups -OCH3 is 1. The molecule has 1 heterocycles. The van der Waals surface area contributed by atoms with E-state index in [-0.39, 0.29) is 6.03 Å². The van der Waals surface area contributed by atoms with E-state index in [2.05, 4.69) is 15.6 Å². The second-order valence-electron chi connectivity index (χ2n) is 4.82. The number of pyridine rings is 1. The van der Waals surface area contributed by atoms with Gasteiger partial charge in [-0.25, -0.2) is 9.78 Å². The quantitative estimate of drug-likeness (QED) is 0.823. The van der Waals surface area contributed by atoms with E-state index in [1.54, 1.807) is 13.3 Å². The lowest BCUT2D eigenvalue weighted by atomic mass is 10.2. The summed E-state index contributed by atoms with van der Waals surface area (Å²) in [6.45, 7) is 3.33. The summed E-state index contributed by atoms with van der Waals surface area (Å²) < 4.78 is 10.4. The highest BCUT2D eigenvalue weighted by Gasteiger charge is 2.03. The normalized spacial score (nSPS) is 10.0. The Bertz CT molecular complexity index is 629. The van der Waals surface area contributed by atoms with Crippen LogP contribution in [-0.2, 0) is 13.1 Å². The Labute approximate surface area is 135 Å². The number of nitrogens with zero attached hydrogens (tertiary/aromatic N) is 1. The summed E-state index contributed by atoms with van der Waals surface area (Å²) in [6.07, 6.45) is 1.66. The van der Waals surface area contributed by atoms with Gasteiger partial charge in [-0.3, -0.25) is 0 Å². The molecule has 23 heavy (non-hydrogen) atoms. The van der Waals surface area contributed by atoms with Gasteiger partial charge in [0.2, 0.25) is 5.88 Å². The molecule has 0 spiro atoms. The van der Waals surface area contributed by atoms with Gasteiger partial charge in [0.15, 0.2) is 0 Å². The Morgan fingerprint density at radius 3 is 2.43 bits per heavy atom. The van der Waals surface area contributed by atoms with Crippen LogP contribution >= 0.6 is 0 Å². The number of benzene rings is 1. The van der Waals surface area contributed by atoms with Crippen molar-refractivity contribution < 1.29 is 14.3 Å². The molecule has 1 aromatic heterocycles. The molecular weight excluding hydrogens is 294 g/mol. The first kappa shape index (κ1) is 16.6. The Morgan fingerprint density at radius 1 is 1.09 bits per heavy atom. The molecule has 2 aromatic rings. The molecule has 0 unspecified atom stereocenters. The number of carbonyl (C=O) groups is 1. The molecule has 0 aliphatic heterocycles. The third-order valence-electron chi connectivity index (χ3n) is 3.16. The van der Waals surface area contributed by atoms with Gasteiger partial charge in [-0.2, -0.15) is 0 Å². The highest BCUT2D eigenvalue weighted by atomic mass is 16.5. The van der Waals surface area contributed by atoms with E-state index in [0.717, 1.165) is 16.9 Å². The minimum absolute atomic E-state index is 0.226. The molecule has 0 saturated carbocycles. The number of rotatable bonds is 7. The topological polar surface area (TPSA) is 72.5 Å². The molecule has 0 aliphatic rings. The third kappa shape index (κ3) is 5.50. The predicted octanol–water partition coefficient (Wildman–Crippen LogP) is 2.49.